The van der Waals surface area contributed by atoms with Crippen LogP contribution >= 0.6 is 0 Å². The number of unbranched alkanes of at least 4 members (excludes halogenated alkanes) is 1. The summed E-state index contributed by atoms with van der Waals surface area (Å²) in [6, 6.07) is 5.54. The normalized spacial score (nSPS) is 28.5. The summed E-state index contributed by atoms with van der Waals surface area (Å²) in [5.74, 6) is 6.79. The van der Waals surface area contributed by atoms with Crippen LogP contribution in [0.2, 0.25) is 0 Å². The summed E-state index contributed by atoms with van der Waals surface area (Å²) in [7, 11) is 0. The van der Waals surface area contributed by atoms with Crippen molar-refractivity contribution in [3.8, 4) is 11.8 Å². The van der Waals surface area contributed by atoms with E-state index in [0.29, 0.717) is 5.41 Å². The fourth-order valence-electron chi connectivity index (χ4n) is 4.68. The molecule has 0 heterocycles. The molecule has 2 bridgehead atoms. The molecule has 0 aromatic heterocycles. The molecule has 0 unspecified atom stereocenters. The van der Waals surface area contributed by atoms with Crippen LogP contribution in [0.25, 0.3) is 0 Å². The van der Waals surface area contributed by atoms with Gasteiger partial charge in [-0.3, -0.25) is 0 Å². The fraction of sp³-hybridized carbons (Fsp3) is 0.652. The van der Waals surface area contributed by atoms with Gasteiger partial charge in [0.25, 0.3) is 0 Å². The second kappa shape index (κ2) is 7.30. The molecule has 3 aliphatic carbocycles. The van der Waals surface area contributed by atoms with Crippen LogP contribution < -0.4 is 0 Å². The van der Waals surface area contributed by atoms with Gasteiger partial charge in [0.2, 0.25) is 0 Å². The topological polar surface area (TPSA) is 0 Å². The van der Waals surface area contributed by atoms with E-state index in [2.05, 4.69) is 25.7 Å². The van der Waals surface area contributed by atoms with Crippen LogP contribution in [-0.4, -0.2) is 0 Å². The van der Waals surface area contributed by atoms with Crippen LogP contribution in [0.1, 0.15) is 89.2 Å². The lowest BCUT2D eigenvalue weighted by molar-refractivity contribution is 0.0189. The smallest absolute Gasteiger partial charge is 0.127 e. The first kappa shape index (κ1) is 17.5. The zero-order valence-corrected chi connectivity index (χ0v) is 15.4. The molecule has 0 radical (unpaired) electrons. The van der Waals surface area contributed by atoms with Gasteiger partial charge in [-0.15, -0.1) is 0 Å². The van der Waals surface area contributed by atoms with Crippen molar-refractivity contribution in [2.45, 2.75) is 84.5 Å². The van der Waals surface area contributed by atoms with E-state index >= 15 is 0 Å². The third-order valence-electron chi connectivity index (χ3n) is 6.51. The van der Waals surface area contributed by atoms with Crippen LogP contribution in [-0.2, 0) is 6.42 Å². The number of halogens is 1. The van der Waals surface area contributed by atoms with Gasteiger partial charge in [0.15, 0.2) is 0 Å². The summed E-state index contributed by atoms with van der Waals surface area (Å²) in [5, 5.41) is 0. The van der Waals surface area contributed by atoms with Gasteiger partial charge < -0.3 is 0 Å². The van der Waals surface area contributed by atoms with E-state index < -0.39 is 0 Å². The number of fused-ring (bicyclic) bond motifs is 3. The summed E-state index contributed by atoms with van der Waals surface area (Å²) >= 11 is 0. The largest absolute Gasteiger partial charge is 0.207 e. The number of benzene rings is 1. The minimum atomic E-state index is -0.0907. The second-order valence-corrected chi connectivity index (χ2v) is 8.19. The Hall–Kier alpha value is -1.29. The molecule has 3 fully saturated rings. The first-order chi connectivity index (χ1) is 11.6. The molecule has 3 aliphatic rings. The number of aryl methyl sites for hydroxylation is 1. The molecule has 0 N–H and O–H groups in total. The van der Waals surface area contributed by atoms with Gasteiger partial charge in [0.05, 0.1) is 0 Å². The van der Waals surface area contributed by atoms with E-state index in [1.165, 1.54) is 57.8 Å². The minimum absolute atomic E-state index is 0.0907. The van der Waals surface area contributed by atoms with Crippen LogP contribution in [0.15, 0.2) is 18.2 Å². The first-order valence-electron chi connectivity index (χ1n) is 9.92. The van der Waals surface area contributed by atoms with Crippen LogP contribution in [0, 0.1) is 28.5 Å². The highest BCUT2D eigenvalue weighted by atomic mass is 19.1. The lowest BCUT2D eigenvalue weighted by atomic mass is 9.53. The van der Waals surface area contributed by atoms with Gasteiger partial charge in [0, 0.05) is 11.0 Å². The van der Waals surface area contributed by atoms with Gasteiger partial charge in [-0.05, 0) is 74.5 Å². The molecule has 4 rings (SSSR count). The maximum atomic E-state index is 14.1. The van der Waals surface area contributed by atoms with Crippen molar-refractivity contribution >= 4 is 0 Å². The monoisotopic (exact) mass is 326 g/mol. The molecular weight excluding hydrogens is 295 g/mol. The number of hydrogen-bond acceptors (Lipinski definition) is 0. The van der Waals surface area contributed by atoms with Crippen molar-refractivity contribution in [1.82, 2.24) is 0 Å². The molecule has 0 nitrogen and oxygen atoms in total. The standard InChI is InChI=1S/C23H31F/c1-3-5-10-22-12-15-23(16-13-22,17-14-22)11-9-19-7-8-20(6-4-2)21(24)18-19/h7-8,18H,3-6,10,12-17H2,1-2H3. The predicted molar refractivity (Wildman–Crippen MR) is 99.4 cm³/mol. The maximum Gasteiger partial charge on any atom is 0.127 e. The highest BCUT2D eigenvalue weighted by molar-refractivity contribution is 5.38. The van der Waals surface area contributed by atoms with Crippen LogP contribution in [0.5, 0.6) is 0 Å². The van der Waals surface area contributed by atoms with E-state index in [-0.39, 0.29) is 11.2 Å². The Bertz CT molecular complexity index is 607. The van der Waals surface area contributed by atoms with E-state index in [1.54, 1.807) is 6.07 Å². The average molecular weight is 326 g/mol. The molecule has 130 valence electrons. The highest BCUT2D eigenvalue weighted by Gasteiger charge is 2.47. The predicted octanol–water partition coefficient (Wildman–Crippen LogP) is 6.66. The van der Waals surface area contributed by atoms with Crippen molar-refractivity contribution in [3.63, 3.8) is 0 Å². The Labute approximate surface area is 147 Å². The average Bonchev–Trinajstić information content (AvgIpc) is 2.62. The van der Waals surface area contributed by atoms with Crippen LogP contribution in [0.3, 0.4) is 0 Å². The Morgan fingerprint density at radius 1 is 1.00 bits per heavy atom. The Kier molecular flexibility index (Phi) is 5.33. The van der Waals surface area contributed by atoms with Gasteiger partial charge in [-0.2, -0.15) is 0 Å². The SMILES string of the molecule is CCCCC12CCC(C#Cc3ccc(CCC)c(F)c3)(CC1)CC2. The number of hydrogen-bond donors (Lipinski definition) is 0. The third-order valence-corrected chi connectivity index (χ3v) is 6.51. The van der Waals surface area contributed by atoms with Crippen molar-refractivity contribution in [2.24, 2.45) is 10.8 Å². The van der Waals surface area contributed by atoms with Crippen molar-refractivity contribution < 1.29 is 4.39 Å². The van der Waals surface area contributed by atoms with Crippen LogP contribution in [0.4, 0.5) is 4.39 Å². The van der Waals surface area contributed by atoms with Crippen molar-refractivity contribution in [1.29, 1.82) is 0 Å². The minimum Gasteiger partial charge on any atom is -0.207 e. The molecule has 24 heavy (non-hydrogen) atoms. The second-order valence-electron chi connectivity index (χ2n) is 8.19. The summed E-state index contributed by atoms with van der Waals surface area (Å²) in [6.45, 7) is 4.38. The lowest BCUT2D eigenvalue weighted by Crippen LogP contribution is -2.40. The van der Waals surface area contributed by atoms with E-state index in [1.807, 2.05) is 12.1 Å². The van der Waals surface area contributed by atoms with Gasteiger partial charge in [-0.25, -0.2) is 4.39 Å². The molecule has 0 amide bonds. The molecule has 1 aromatic carbocycles. The van der Waals surface area contributed by atoms with Gasteiger partial charge in [0.1, 0.15) is 5.82 Å². The summed E-state index contributed by atoms with van der Waals surface area (Å²) in [4.78, 5) is 0. The molecule has 1 aromatic rings. The Morgan fingerprint density at radius 2 is 1.71 bits per heavy atom. The molecule has 3 saturated carbocycles. The molecule has 0 saturated heterocycles. The summed E-state index contributed by atoms with van der Waals surface area (Å²) in [5.41, 5.74) is 2.51. The zero-order valence-electron chi connectivity index (χ0n) is 15.4. The Morgan fingerprint density at radius 3 is 2.29 bits per heavy atom. The van der Waals surface area contributed by atoms with Gasteiger partial charge >= 0.3 is 0 Å². The molecule has 0 atom stereocenters. The van der Waals surface area contributed by atoms with Crippen molar-refractivity contribution in [2.75, 3.05) is 0 Å². The number of rotatable bonds is 5. The van der Waals surface area contributed by atoms with Crippen molar-refractivity contribution in [3.05, 3.63) is 35.1 Å². The first-order valence-corrected chi connectivity index (χ1v) is 9.92. The molecule has 0 spiro atoms. The quantitative estimate of drug-likeness (QED) is 0.531. The van der Waals surface area contributed by atoms with E-state index in [4.69, 9.17) is 0 Å². The van der Waals surface area contributed by atoms with Gasteiger partial charge in [-0.1, -0.05) is 51.0 Å². The highest BCUT2D eigenvalue weighted by Crippen LogP contribution is 2.58. The third kappa shape index (κ3) is 3.69. The molecule has 0 aliphatic heterocycles. The van der Waals surface area contributed by atoms with E-state index in [0.717, 1.165) is 24.0 Å². The zero-order chi connectivity index (χ0) is 17.0. The summed E-state index contributed by atoms with van der Waals surface area (Å²) in [6.07, 6.45) is 13.7. The fourth-order valence-corrected chi connectivity index (χ4v) is 4.68. The molecule has 1 heteroatoms. The van der Waals surface area contributed by atoms with E-state index in [9.17, 15) is 4.39 Å². The summed E-state index contributed by atoms with van der Waals surface area (Å²) < 4.78 is 14.1. The molecular formula is C23H31F. The maximum absolute atomic E-state index is 14.1. The Balaban J connectivity index is 1.68. The lowest BCUT2D eigenvalue weighted by Gasteiger charge is -2.51.